The Morgan fingerprint density at radius 2 is 2.00 bits per heavy atom. The standard InChI is InChI=1S/C11H11BrN2O5/c1-6(11(16)17)13(2)10(15)7-3-8(12)5-9(4-7)14(18)19/h3-6H,1-2H3,(H,16,17). The van der Waals surface area contributed by atoms with Gasteiger partial charge in [0.05, 0.1) is 4.92 Å². The van der Waals surface area contributed by atoms with E-state index >= 15 is 0 Å². The normalized spacial score (nSPS) is 11.7. The Labute approximate surface area is 117 Å². The molecular formula is C11H11BrN2O5. The summed E-state index contributed by atoms with van der Waals surface area (Å²) in [5.41, 5.74) is -0.189. The van der Waals surface area contributed by atoms with Gasteiger partial charge in [-0.3, -0.25) is 14.9 Å². The Hall–Kier alpha value is -1.96. The molecule has 0 aliphatic rings. The zero-order valence-electron chi connectivity index (χ0n) is 10.2. The number of carboxylic acids is 1. The van der Waals surface area contributed by atoms with Gasteiger partial charge >= 0.3 is 5.97 Å². The van der Waals surface area contributed by atoms with E-state index in [1.807, 2.05) is 0 Å². The van der Waals surface area contributed by atoms with Crippen LogP contribution in [0.15, 0.2) is 22.7 Å². The molecule has 0 aliphatic heterocycles. The number of rotatable bonds is 4. The van der Waals surface area contributed by atoms with Gasteiger partial charge in [-0.15, -0.1) is 0 Å². The molecule has 0 bridgehead atoms. The number of benzene rings is 1. The van der Waals surface area contributed by atoms with Gasteiger partial charge in [0.1, 0.15) is 6.04 Å². The molecule has 1 aromatic carbocycles. The van der Waals surface area contributed by atoms with Crippen LogP contribution in [0, 0.1) is 10.1 Å². The molecule has 0 aromatic heterocycles. The number of non-ortho nitro benzene ring substituents is 1. The smallest absolute Gasteiger partial charge is 0.326 e. The van der Waals surface area contributed by atoms with Gasteiger partial charge < -0.3 is 10.0 Å². The molecule has 0 aliphatic carbocycles. The van der Waals surface area contributed by atoms with Crippen molar-refractivity contribution in [3.05, 3.63) is 38.3 Å². The molecule has 1 unspecified atom stereocenters. The average Bonchev–Trinajstić information content (AvgIpc) is 2.35. The molecule has 1 aromatic rings. The minimum Gasteiger partial charge on any atom is -0.480 e. The second-order valence-electron chi connectivity index (χ2n) is 3.89. The summed E-state index contributed by atoms with van der Waals surface area (Å²) in [5, 5.41) is 19.5. The minimum absolute atomic E-state index is 0.0525. The SMILES string of the molecule is CC(C(=O)O)N(C)C(=O)c1cc(Br)cc([N+](=O)[O-])c1. The molecule has 0 saturated heterocycles. The third-order valence-corrected chi connectivity index (χ3v) is 3.06. The van der Waals surface area contributed by atoms with Gasteiger partial charge in [-0.25, -0.2) is 4.79 Å². The second-order valence-corrected chi connectivity index (χ2v) is 4.80. The maximum atomic E-state index is 12.0. The summed E-state index contributed by atoms with van der Waals surface area (Å²) >= 11 is 3.07. The summed E-state index contributed by atoms with van der Waals surface area (Å²) in [4.78, 5) is 33.9. The fourth-order valence-electron chi connectivity index (χ4n) is 1.35. The molecular weight excluding hydrogens is 320 g/mol. The molecule has 0 spiro atoms. The van der Waals surface area contributed by atoms with E-state index in [9.17, 15) is 19.7 Å². The van der Waals surface area contributed by atoms with Gasteiger partial charge in [-0.05, 0) is 13.0 Å². The van der Waals surface area contributed by atoms with E-state index in [0.29, 0.717) is 4.47 Å². The molecule has 19 heavy (non-hydrogen) atoms. The van der Waals surface area contributed by atoms with Crippen molar-refractivity contribution in [2.45, 2.75) is 13.0 Å². The number of aliphatic carboxylic acids is 1. The lowest BCUT2D eigenvalue weighted by atomic mass is 10.1. The first-order valence-corrected chi connectivity index (χ1v) is 5.98. The summed E-state index contributed by atoms with van der Waals surface area (Å²) in [5.74, 6) is -1.75. The van der Waals surface area contributed by atoms with E-state index in [2.05, 4.69) is 15.9 Å². The highest BCUT2D eigenvalue weighted by atomic mass is 79.9. The van der Waals surface area contributed by atoms with E-state index in [0.717, 1.165) is 11.0 Å². The number of carbonyl (C=O) groups is 2. The summed E-state index contributed by atoms with van der Waals surface area (Å²) < 4.78 is 0.376. The van der Waals surface area contributed by atoms with Crippen molar-refractivity contribution in [1.29, 1.82) is 0 Å². The van der Waals surface area contributed by atoms with Gasteiger partial charge in [0, 0.05) is 29.2 Å². The minimum atomic E-state index is -1.15. The number of hydrogen-bond donors (Lipinski definition) is 1. The van der Waals surface area contributed by atoms with E-state index in [-0.39, 0.29) is 11.3 Å². The predicted molar refractivity (Wildman–Crippen MR) is 70.0 cm³/mol. The number of carbonyl (C=O) groups excluding carboxylic acids is 1. The summed E-state index contributed by atoms with van der Waals surface area (Å²) in [6, 6.07) is 2.75. The van der Waals surface area contributed by atoms with Crippen LogP contribution < -0.4 is 0 Å². The Morgan fingerprint density at radius 1 is 1.42 bits per heavy atom. The monoisotopic (exact) mass is 330 g/mol. The zero-order valence-corrected chi connectivity index (χ0v) is 11.7. The highest BCUT2D eigenvalue weighted by Gasteiger charge is 2.24. The van der Waals surface area contributed by atoms with Crippen LogP contribution in [0.4, 0.5) is 5.69 Å². The number of hydrogen-bond acceptors (Lipinski definition) is 4. The van der Waals surface area contributed by atoms with Gasteiger partial charge in [0.2, 0.25) is 0 Å². The quantitative estimate of drug-likeness (QED) is 0.671. The van der Waals surface area contributed by atoms with Gasteiger partial charge in [0.15, 0.2) is 0 Å². The predicted octanol–water partition coefficient (Wildman–Crippen LogP) is 1.90. The maximum absolute atomic E-state index is 12.0. The lowest BCUT2D eigenvalue weighted by Gasteiger charge is -2.21. The van der Waals surface area contributed by atoms with Crippen molar-refractivity contribution in [3.8, 4) is 0 Å². The third kappa shape index (κ3) is 3.50. The third-order valence-electron chi connectivity index (χ3n) is 2.60. The van der Waals surface area contributed by atoms with Crippen LogP contribution in [0.1, 0.15) is 17.3 Å². The van der Waals surface area contributed by atoms with E-state index in [1.165, 1.54) is 26.1 Å². The first-order chi connectivity index (χ1) is 8.73. The molecule has 1 N–H and O–H groups in total. The first-order valence-electron chi connectivity index (χ1n) is 5.19. The molecule has 0 heterocycles. The van der Waals surface area contributed by atoms with Crippen molar-refractivity contribution < 1.29 is 19.6 Å². The van der Waals surface area contributed by atoms with Crippen LogP contribution in [0.3, 0.4) is 0 Å². The molecule has 0 radical (unpaired) electrons. The first kappa shape index (κ1) is 15.1. The van der Waals surface area contributed by atoms with Crippen molar-refractivity contribution in [2.24, 2.45) is 0 Å². The van der Waals surface area contributed by atoms with Crippen LogP contribution >= 0.6 is 15.9 Å². The Bertz CT molecular complexity index is 546. The molecule has 1 amide bonds. The average molecular weight is 331 g/mol. The highest BCUT2D eigenvalue weighted by molar-refractivity contribution is 9.10. The lowest BCUT2D eigenvalue weighted by Crippen LogP contribution is -2.40. The molecule has 1 atom stereocenters. The fraction of sp³-hybridized carbons (Fsp3) is 0.273. The van der Waals surface area contributed by atoms with Crippen LogP contribution in [-0.2, 0) is 4.79 Å². The highest BCUT2D eigenvalue weighted by Crippen LogP contribution is 2.22. The van der Waals surface area contributed by atoms with Crippen LogP contribution in [0.2, 0.25) is 0 Å². The summed E-state index contributed by atoms with van der Waals surface area (Å²) in [6.45, 7) is 1.35. The van der Waals surface area contributed by atoms with Crippen LogP contribution in [0.5, 0.6) is 0 Å². The van der Waals surface area contributed by atoms with Crippen molar-refractivity contribution in [1.82, 2.24) is 4.90 Å². The van der Waals surface area contributed by atoms with Gasteiger partial charge in [0.25, 0.3) is 11.6 Å². The molecule has 1 rings (SSSR count). The van der Waals surface area contributed by atoms with Gasteiger partial charge in [-0.2, -0.15) is 0 Å². The van der Waals surface area contributed by atoms with Crippen molar-refractivity contribution in [3.63, 3.8) is 0 Å². The number of likely N-dealkylation sites (N-methyl/N-ethyl adjacent to an activating group) is 1. The molecule has 0 fully saturated rings. The van der Waals surface area contributed by atoms with Crippen molar-refractivity contribution in [2.75, 3.05) is 7.05 Å². The number of nitro groups is 1. The van der Waals surface area contributed by atoms with E-state index < -0.39 is 22.8 Å². The number of halogens is 1. The molecule has 8 heteroatoms. The van der Waals surface area contributed by atoms with E-state index in [4.69, 9.17) is 5.11 Å². The van der Waals surface area contributed by atoms with Crippen molar-refractivity contribution >= 4 is 33.5 Å². The van der Waals surface area contributed by atoms with Gasteiger partial charge in [-0.1, -0.05) is 15.9 Å². The molecule has 102 valence electrons. The fourth-order valence-corrected chi connectivity index (χ4v) is 1.83. The topological polar surface area (TPSA) is 101 Å². The van der Waals surface area contributed by atoms with Crippen LogP contribution in [0.25, 0.3) is 0 Å². The number of nitro benzene ring substituents is 1. The lowest BCUT2D eigenvalue weighted by molar-refractivity contribution is -0.385. The molecule has 0 saturated carbocycles. The van der Waals surface area contributed by atoms with E-state index in [1.54, 1.807) is 0 Å². The Kier molecular flexibility index (Phi) is 4.60. The summed E-state index contributed by atoms with van der Waals surface area (Å²) in [6.07, 6.45) is 0. The number of nitrogens with zero attached hydrogens (tertiary/aromatic N) is 2. The number of amides is 1. The largest absolute Gasteiger partial charge is 0.480 e. The second kappa shape index (κ2) is 5.79. The number of carboxylic acid groups (broad SMARTS) is 1. The maximum Gasteiger partial charge on any atom is 0.326 e. The van der Waals surface area contributed by atoms with Crippen LogP contribution in [-0.4, -0.2) is 39.9 Å². The zero-order chi connectivity index (χ0) is 14.7. The Balaban J connectivity index is 3.12. The Morgan fingerprint density at radius 3 is 2.47 bits per heavy atom. The summed E-state index contributed by atoms with van der Waals surface area (Å²) in [7, 11) is 1.33. The molecule has 7 nitrogen and oxygen atoms in total.